The number of nitrogens with one attached hydrogen (secondary N) is 2. The number of morpholine rings is 1. The number of ether oxygens (including phenoxy) is 2. The van der Waals surface area contributed by atoms with Crippen LogP contribution in [0.3, 0.4) is 0 Å². The summed E-state index contributed by atoms with van der Waals surface area (Å²) in [7, 11) is 1.41. The van der Waals surface area contributed by atoms with Gasteiger partial charge >= 0.3 is 12.1 Å². The van der Waals surface area contributed by atoms with E-state index in [0.29, 0.717) is 37.8 Å². The Morgan fingerprint density at radius 2 is 1.53 bits per heavy atom. The Bertz CT molecular complexity index is 1720. The summed E-state index contributed by atoms with van der Waals surface area (Å²) in [5.41, 5.74) is 4.28. The quantitative estimate of drug-likeness (QED) is 0.254. The summed E-state index contributed by atoms with van der Waals surface area (Å²) in [6.07, 6.45) is 8.02. The van der Waals surface area contributed by atoms with Crippen LogP contribution < -0.4 is 15.5 Å². The second-order valence-corrected chi connectivity index (χ2v) is 13.0. The molecule has 0 radical (unpaired) electrons. The van der Waals surface area contributed by atoms with E-state index < -0.39 is 0 Å². The average Bonchev–Trinajstić information content (AvgIpc) is 3.59. The lowest BCUT2D eigenvalue weighted by atomic mass is 10.1. The number of aromatic nitrogens is 4. The molecule has 2 N–H and O–H groups in total. The van der Waals surface area contributed by atoms with Crippen LogP contribution in [-0.4, -0.2) is 108 Å². The Labute approximate surface area is 286 Å². The van der Waals surface area contributed by atoms with E-state index >= 15 is 0 Å². The van der Waals surface area contributed by atoms with Gasteiger partial charge in [-0.15, -0.1) is 0 Å². The lowest BCUT2D eigenvalue weighted by Crippen LogP contribution is -2.39. The molecule has 3 aliphatic rings. The molecule has 2 aromatic heterocycles. The predicted octanol–water partition coefficient (Wildman–Crippen LogP) is 5.41. The SMILES string of the molecule is COC(=O)N1CCC(n2ncc3c(N4CCOCC4)nc(-c4ccc(NC(=O)Nc5ccc(CCN6CCCCC6)cc5)cc4)nc32)CC1. The summed E-state index contributed by atoms with van der Waals surface area (Å²) < 4.78 is 12.5. The van der Waals surface area contributed by atoms with E-state index in [0.717, 1.165) is 67.0 Å². The first kappa shape index (κ1) is 32.8. The highest BCUT2D eigenvalue weighted by molar-refractivity contribution is 6.00. The van der Waals surface area contributed by atoms with Gasteiger partial charge in [-0.25, -0.2) is 24.2 Å². The minimum Gasteiger partial charge on any atom is -0.453 e. The molecule has 0 saturated carbocycles. The van der Waals surface area contributed by atoms with Gasteiger partial charge in [0.15, 0.2) is 11.5 Å². The monoisotopic (exact) mass is 667 g/mol. The number of methoxy groups -OCH3 is 1. The fraction of sp³-hybridized carbons (Fsp3) is 0.472. The molecule has 0 bridgehead atoms. The maximum Gasteiger partial charge on any atom is 0.409 e. The zero-order valence-corrected chi connectivity index (χ0v) is 28.1. The molecule has 0 atom stereocenters. The van der Waals surface area contributed by atoms with E-state index in [4.69, 9.17) is 24.5 Å². The third kappa shape index (κ3) is 7.78. The topological polar surface area (TPSA) is 130 Å². The number of anilines is 3. The summed E-state index contributed by atoms with van der Waals surface area (Å²) in [5.74, 6) is 1.42. The Balaban J connectivity index is 1.03. The Kier molecular flexibility index (Phi) is 10.2. The van der Waals surface area contributed by atoms with Gasteiger partial charge in [0.25, 0.3) is 0 Å². The van der Waals surface area contributed by atoms with E-state index in [2.05, 4.69) is 32.6 Å². The van der Waals surface area contributed by atoms with Gasteiger partial charge in [0.2, 0.25) is 0 Å². The first-order chi connectivity index (χ1) is 24.0. The number of hydrogen-bond acceptors (Lipinski definition) is 9. The zero-order valence-electron chi connectivity index (χ0n) is 28.1. The van der Waals surface area contributed by atoms with Crippen LogP contribution in [0.25, 0.3) is 22.4 Å². The van der Waals surface area contributed by atoms with E-state index in [9.17, 15) is 9.59 Å². The number of rotatable bonds is 8. The van der Waals surface area contributed by atoms with Gasteiger partial charge in [0, 0.05) is 49.7 Å². The molecule has 0 spiro atoms. The van der Waals surface area contributed by atoms with Crippen LogP contribution in [0.2, 0.25) is 0 Å². The van der Waals surface area contributed by atoms with Gasteiger partial charge in [-0.1, -0.05) is 18.6 Å². The van der Waals surface area contributed by atoms with Gasteiger partial charge in [-0.2, -0.15) is 5.10 Å². The molecular formula is C36H45N9O4. The molecule has 3 amide bonds. The summed E-state index contributed by atoms with van der Waals surface area (Å²) in [6.45, 7) is 7.39. The summed E-state index contributed by atoms with van der Waals surface area (Å²) in [4.78, 5) is 41.4. The number of hydrogen-bond donors (Lipinski definition) is 2. The van der Waals surface area contributed by atoms with Gasteiger partial charge in [0.1, 0.15) is 5.82 Å². The van der Waals surface area contributed by atoms with Crippen molar-refractivity contribution in [1.29, 1.82) is 0 Å². The lowest BCUT2D eigenvalue weighted by molar-refractivity contribution is 0.106. The smallest absolute Gasteiger partial charge is 0.409 e. The normalized spacial score (nSPS) is 17.7. The van der Waals surface area contributed by atoms with Crippen LogP contribution in [0.4, 0.5) is 26.8 Å². The Morgan fingerprint density at radius 1 is 0.857 bits per heavy atom. The fourth-order valence-corrected chi connectivity index (χ4v) is 6.97. The van der Waals surface area contributed by atoms with Crippen molar-refractivity contribution in [2.75, 3.05) is 81.7 Å². The van der Waals surface area contributed by atoms with Gasteiger partial charge in [-0.05, 0) is 87.2 Å². The van der Waals surface area contributed by atoms with E-state index in [1.54, 1.807) is 4.90 Å². The summed E-state index contributed by atoms with van der Waals surface area (Å²) >= 11 is 0. The zero-order chi connectivity index (χ0) is 33.6. The van der Waals surface area contributed by atoms with Crippen molar-refractivity contribution >= 4 is 40.4 Å². The van der Waals surface area contributed by atoms with Crippen LogP contribution in [0.15, 0.2) is 54.7 Å². The molecule has 3 fully saturated rings. The number of nitrogens with zero attached hydrogens (tertiary/aromatic N) is 7. The number of fused-ring (bicyclic) bond motifs is 1. The highest BCUT2D eigenvalue weighted by atomic mass is 16.5. The molecule has 0 unspecified atom stereocenters. The van der Waals surface area contributed by atoms with Crippen LogP contribution in [-0.2, 0) is 15.9 Å². The van der Waals surface area contributed by atoms with Crippen molar-refractivity contribution in [2.45, 2.75) is 44.6 Å². The molecule has 0 aliphatic carbocycles. The van der Waals surface area contributed by atoms with Gasteiger partial charge < -0.3 is 34.8 Å². The molecule has 3 aliphatic heterocycles. The molecule has 4 aromatic rings. The average molecular weight is 668 g/mol. The molecule has 49 heavy (non-hydrogen) atoms. The van der Waals surface area contributed by atoms with Crippen molar-refractivity contribution in [3.05, 3.63) is 60.3 Å². The second-order valence-electron chi connectivity index (χ2n) is 13.0. The van der Waals surface area contributed by atoms with Crippen molar-refractivity contribution in [1.82, 2.24) is 29.5 Å². The highest BCUT2D eigenvalue weighted by Gasteiger charge is 2.28. The van der Waals surface area contributed by atoms with Crippen LogP contribution in [0.1, 0.15) is 43.7 Å². The molecule has 7 rings (SSSR count). The summed E-state index contributed by atoms with van der Waals surface area (Å²) in [5, 5.41) is 11.6. The lowest BCUT2D eigenvalue weighted by Gasteiger charge is -2.31. The van der Waals surface area contributed by atoms with Crippen molar-refractivity contribution in [3.63, 3.8) is 0 Å². The predicted molar refractivity (Wildman–Crippen MR) is 189 cm³/mol. The third-order valence-electron chi connectivity index (χ3n) is 9.77. The minimum absolute atomic E-state index is 0.0968. The third-order valence-corrected chi connectivity index (χ3v) is 9.77. The van der Waals surface area contributed by atoms with Crippen LogP contribution in [0, 0.1) is 0 Å². The Morgan fingerprint density at radius 3 is 2.20 bits per heavy atom. The number of amides is 3. The molecule has 5 heterocycles. The number of carbonyl (C=O) groups excluding carboxylic acids is 2. The molecule has 13 nitrogen and oxygen atoms in total. The standard InChI is InChI=1S/C36H45N9O4/c1-48-36(47)44-19-14-30(15-20-44)45-34-31(25-37-45)33(43-21-23-49-24-22-43)40-32(41-34)27-7-11-29(12-8-27)39-35(46)38-28-9-5-26(6-10-28)13-18-42-16-3-2-4-17-42/h5-12,25,30H,2-4,13-24H2,1H3,(H2,38,39,46). The molecule has 3 saturated heterocycles. The largest absolute Gasteiger partial charge is 0.453 e. The van der Waals surface area contributed by atoms with Crippen LogP contribution >= 0.6 is 0 Å². The van der Waals surface area contributed by atoms with Gasteiger partial charge in [0.05, 0.1) is 37.9 Å². The minimum atomic E-state index is -0.303. The maximum absolute atomic E-state index is 12.8. The number of urea groups is 1. The number of benzene rings is 2. The maximum atomic E-state index is 12.8. The number of carbonyl (C=O) groups is 2. The van der Waals surface area contributed by atoms with E-state index in [1.807, 2.05) is 47.3 Å². The first-order valence-corrected chi connectivity index (χ1v) is 17.4. The molecular weight excluding hydrogens is 622 g/mol. The highest BCUT2D eigenvalue weighted by Crippen LogP contribution is 2.32. The van der Waals surface area contributed by atoms with Crippen molar-refractivity contribution in [3.8, 4) is 11.4 Å². The van der Waals surface area contributed by atoms with E-state index in [1.165, 1.54) is 45.0 Å². The first-order valence-electron chi connectivity index (χ1n) is 17.4. The van der Waals surface area contributed by atoms with E-state index in [-0.39, 0.29) is 18.2 Å². The van der Waals surface area contributed by atoms with Gasteiger partial charge in [-0.3, -0.25) is 0 Å². The van der Waals surface area contributed by atoms with Crippen molar-refractivity contribution < 1.29 is 19.1 Å². The fourth-order valence-electron chi connectivity index (χ4n) is 6.97. The summed E-state index contributed by atoms with van der Waals surface area (Å²) in [6, 6.07) is 15.5. The van der Waals surface area contributed by atoms with Crippen molar-refractivity contribution in [2.24, 2.45) is 0 Å². The molecule has 2 aromatic carbocycles. The molecule has 13 heteroatoms. The number of likely N-dealkylation sites (tertiary alicyclic amines) is 2. The van der Waals surface area contributed by atoms with Crippen LogP contribution in [0.5, 0.6) is 0 Å². The molecule has 258 valence electrons. The second kappa shape index (κ2) is 15.2. The number of piperidine rings is 2. The Hall–Kier alpha value is -4.75.